The van der Waals surface area contributed by atoms with Crippen molar-refractivity contribution in [3.05, 3.63) is 208 Å². The summed E-state index contributed by atoms with van der Waals surface area (Å²) in [5.41, 5.74) is -37.5. The van der Waals surface area contributed by atoms with Gasteiger partial charge in [-0.2, -0.15) is 0 Å². The first-order chi connectivity index (χ1) is 114. The molecular weight excluding hydrogens is 1750 g/mol. The van der Waals surface area contributed by atoms with E-state index in [2.05, 4.69) is 0 Å². The highest BCUT2D eigenvalue weighted by molar-refractivity contribution is 5.38. The first kappa shape index (κ1) is 33.8. The van der Waals surface area contributed by atoms with Gasteiger partial charge in [0, 0.05) is 210 Å². The highest BCUT2D eigenvalue weighted by atomic mass is 16.5. The SMILES string of the molecule is [2H]c1c([2H])c(C(CN(C)C)C2(O)CCCCC2)c([2H])c([2H])c1OC([2H])([2H])[2H].[2H]c1c([2H])c(C([2H])(C([2H])([2H])N(C([2H])([2H])[2H])C([2H])([2H])[2H])C2(O)C([2H])([2H])C([2H])([2H])C([2H])([2H])C([2H])([2H])C2([2H])[2H])c([2H])c([2H])c1OC.[2H]c1c([2H])c(C([2H])(C([2H])([2H])N(C)C([2H])([2H])[2H])C2(O)C([2H])([2H])C([2H])([2H])C([2H])([2H])C([2H])([2H])C2([2H])[2H])c([2H])c([2H])c1OC.[2H]c1c([2H])c(C([2H])(C([2H])([2H])N(C)C)C2(O)C([2H])([2H])C([2H])([2H])C([2H])([2H])C([2H])([2H])C2([2H])[2H])c([2H])c([2H])c1OC.[2H]c1c([2H])c(C([2H])(CN(C([2H])([2H])[2H])C([2H])([2H])[2H])C2(O)C([2H])([2H])C([2H])([2H])C([2H])([2H])C([2H])([2H])C2([2H])[2H])c([2H])c([2H])c1OC.[2H]c1c([2H])c(C([2H])(CN(C)C([2H])([2H])[2H])C2(O)C([2H])([2H])C([2H])([2H])C([2H])([2H])C([2H])([2H])C2([2H])[2H])c([2H])c([2H])c1OC.[2H]c1c([2H])c(C([2H])(CN(C)C)C2(O)C([2H])([2H])C([2H])([2H])C([2H])([2H])C([2H])([2H])C2([2H])[2H])c([2H])c([2H])c1OC. The predicted octanol–water partition coefficient (Wildman–Crippen LogP) is 21.2. The molecule has 7 aliphatic rings. The van der Waals surface area contributed by atoms with Crippen LogP contribution in [0.3, 0.4) is 0 Å². The summed E-state index contributed by atoms with van der Waals surface area (Å²) in [4.78, 5) is 1.83. The lowest BCUT2D eigenvalue weighted by atomic mass is 9.72. The van der Waals surface area contributed by atoms with Crippen LogP contribution in [-0.4, -0.2) is 303 Å². The van der Waals surface area contributed by atoms with E-state index in [1.54, 1.807) is 0 Å². The van der Waals surface area contributed by atoms with Gasteiger partial charge in [0.15, 0.2) is 0 Å². The number of hydrogen-bond donors (Lipinski definition) is 7. The molecule has 7 unspecified atom stereocenters. The Morgan fingerprint density at radius 2 is 0.457 bits per heavy atom. The van der Waals surface area contributed by atoms with Crippen LogP contribution in [0.5, 0.6) is 40.2 Å². The number of ether oxygens (including phenoxy) is 7. The largest absolute Gasteiger partial charge is 0.497 e. The van der Waals surface area contributed by atoms with Crippen LogP contribution in [0.2, 0.25) is 0 Å². The van der Waals surface area contributed by atoms with E-state index in [0.29, 0.717) is 36.2 Å². The van der Waals surface area contributed by atoms with E-state index in [1.165, 1.54) is 14.1 Å². The quantitative estimate of drug-likeness (QED) is 0.0196. The monoisotopic (exact) mass is 2060 g/mol. The average molecular weight is 2060 g/mol. The first-order valence-electron chi connectivity index (χ1n) is 101. The molecule has 0 spiro atoms. The second kappa shape index (κ2) is 58.7. The Bertz CT molecular complexity index is 10500. The molecule has 0 saturated heterocycles. The molecule has 0 amide bonds. The number of aliphatic hydroxyl groups is 7. The Kier molecular flexibility index (Phi) is 14.2. The molecule has 7 aromatic carbocycles. The van der Waals surface area contributed by atoms with E-state index in [-0.39, 0.29) is 22.5 Å². The molecule has 784 valence electrons. The number of methoxy groups -OCH3 is 7. The number of rotatable bonds is 35. The Labute approximate surface area is 1020 Å². The number of hydrogen-bond acceptors (Lipinski definition) is 21. The van der Waals surface area contributed by atoms with Crippen molar-refractivity contribution in [2.75, 3.05) is 194 Å². The highest BCUT2D eigenvalue weighted by Crippen LogP contribution is 2.49. The van der Waals surface area contributed by atoms with Crippen molar-refractivity contribution >= 4 is 0 Å². The maximum Gasteiger partial charge on any atom is 0.118 e. The molecule has 7 aliphatic carbocycles. The van der Waals surface area contributed by atoms with Gasteiger partial charge in [0.05, 0.1) is 131 Å². The van der Waals surface area contributed by atoms with Crippen molar-refractivity contribution in [3.8, 4) is 40.2 Å². The van der Waals surface area contributed by atoms with Gasteiger partial charge in [-0.25, -0.2) is 0 Å². The normalized spacial score (nSPS) is 45.6. The van der Waals surface area contributed by atoms with Crippen molar-refractivity contribution in [1.82, 2.24) is 34.3 Å². The minimum Gasteiger partial charge on any atom is -0.497 e. The summed E-state index contributed by atoms with van der Waals surface area (Å²) in [5.74, 6) is -30.2. The van der Waals surface area contributed by atoms with Crippen molar-refractivity contribution in [2.45, 2.75) is 304 Å². The Balaban J connectivity index is 0.000000358. The van der Waals surface area contributed by atoms with Crippen LogP contribution >= 0.6 is 0 Å². The summed E-state index contributed by atoms with van der Waals surface area (Å²) >= 11 is 0. The Morgan fingerprint density at radius 3 is 0.686 bits per heavy atom. The zero-order valence-corrected chi connectivity index (χ0v) is 77.6. The smallest absolute Gasteiger partial charge is 0.118 e. The second-order valence-corrected chi connectivity index (χ2v) is 29.7. The Morgan fingerprint density at radius 1 is 0.250 bits per heavy atom. The molecule has 0 aromatic heterocycles. The molecule has 0 heterocycles. The number of nitrogens with zero attached hydrogens (tertiary/aromatic N) is 7. The maximum atomic E-state index is 12.1. The lowest BCUT2D eigenvalue weighted by molar-refractivity contribution is -0.0280. The van der Waals surface area contributed by atoms with Gasteiger partial charge in [0.25, 0.3) is 0 Å². The summed E-state index contributed by atoms with van der Waals surface area (Å²) in [6.07, 6.45) is -124. The topological polar surface area (TPSA) is 229 Å². The zero-order chi connectivity index (χ0) is 209. The van der Waals surface area contributed by atoms with E-state index in [0.717, 1.165) is 88.0 Å². The van der Waals surface area contributed by atoms with Gasteiger partial charge in [-0.1, -0.05) is 219 Å². The van der Waals surface area contributed by atoms with Crippen molar-refractivity contribution in [3.63, 3.8) is 0 Å². The van der Waals surface area contributed by atoms with Gasteiger partial charge in [0.2, 0.25) is 0 Å². The molecule has 7 fully saturated rings. The van der Waals surface area contributed by atoms with Crippen LogP contribution in [0, 0.1) is 0 Å². The molecule has 21 heteroatoms. The van der Waals surface area contributed by atoms with Crippen LogP contribution in [-0.2, 0) is 0 Å². The Hall–Kier alpha value is -7.42. The van der Waals surface area contributed by atoms with Crippen molar-refractivity contribution in [1.29, 1.82) is 0 Å². The van der Waals surface area contributed by atoms with Gasteiger partial charge >= 0.3 is 0 Å². The summed E-state index contributed by atoms with van der Waals surface area (Å²) in [7, 11) is 12.2. The summed E-state index contributed by atoms with van der Waals surface area (Å²) in [5, 5.41) is 83.3. The molecule has 7 atom stereocenters. The van der Waals surface area contributed by atoms with Crippen molar-refractivity contribution < 1.29 is 235 Å². The summed E-state index contributed by atoms with van der Waals surface area (Å²) < 4.78 is 1030. The zero-order valence-electron chi connectivity index (χ0n) is 199. The standard InChI is InChI=1S/7C17H27NO2/c7*1-18(2)13-16(17(19)11-5-4-6-12-17)14-7-9-15(20-3)10-8-14/h7*7-10,16,19H,4-6,11-13H2,1-3H3/i1D3,2D3,4D2,5D2,6D2,7D,8D,9D,10D,11D2,12D2,13D2,16D;1D3,4D2,5D2,6D2,7D,8D,9D,10D,11D2,12D2,13D2,16D;1D3,2D3,4D2,5D2,6D2,7D,8D,9D,10D,11D2,12D2,16D;4D2,5D2,6D2,7D,8D,9D,10D,11D2,12D2,13D2,16D;1D3,4D2,5D2,6D2,7D,8D,9D,10D,11D2,12D2,16D;4D2,5D2,6D2,7D,8D,9D,10D,11D2,12D2,16D;3D3,7D,8D,9D,10D. The fraction of sp³-hybridized carbons (Fsp3) is 0.647. The summed E-state index contributed by atoms with van der Waals surface area (Å²) in [6, 6.07) is -30.6. The maximum absolute atomic E-state index is 12.1. The lowest BCUT2D eigenvalue weighted by Gasteiger charge is -2.40. The predicted molar refractivity (Wildman–Crippen MR) is 576 cm³/mol. The van der Waals surface area contributed by atoms with E-state index in [1.807, 2.05) is 19.0 Å². The molecule has 0 radical (unpaired) electrons. The van der Waals surface area contributed by atoms with E-state index >= 15 is 0 Å². The van der Waals surface area contributed by atoms with E-state index < -0.39 is 600 Å². The molecular formula is C119H189N7O14. The molecule has 0 aliphatic heterocycles. The third-order valence-electron chi connectivity index (χ3n) is 18.6. The minimum atomic E-state index is -5.11. The fourth-order valence-electron chi connectivity index (χ4n) is 12.1. The molecule has 7 saturated carbocycles. The van der Waals surface area contributed by atoms with Crippen LogP contribution in [0.15, 0.2) is 169 Å². The number of likely N-dealkylation sites (N-methyl/N-ethyl adjacent to an activating group) is 7. The van der Waals surface area contributed by atoms with Gasteiger partial charge in [-0.3, -0.25) is 0 Å². The molecule has 7 N–H and O–H groups in total. The van der Waals surface area contributed by atoms with Gasteiger partial charge in [-0.15, -0.1) is 0 Å². The highest BCUT2D eigenvalue weighted by Gasteiger charge is 2.46. The molecule has 21 nitrogen and oxygen atoms in total. The van der Waals surface area contributed by atoms with Gasteiger partial charge in [-0.05, 0) is 311 Å². The van der Waals surface area contributed by atoms with Crippen LogP contribution < -0.4 is 33.2 Å². The molecule has 7 aromatic rings. The average Bonchev–Trinajstić information content (AvgIpc) is 0.626. The lowest BCUT2D eigenvalue weighted by Crippen LogP contribution is -2.42. The number of benzene rings is 7. The van der Waals surface area contributed by atoms with Crippen LogP contribution in [0.4, 0.5) is 0 Å². The van der Waals surface area contributed by atoms with E-state index in [9.17, 15) is 44.0 Å². The third-order valence-corrected chi connectivity index (χ3v) is 18.6. The third kappa shape index (κ3) is 36.7. The van der Waals surface area contributed by atoms with Gasteiger partial charge in [0.1, 0.15) is 40.2 Å². The molecule has 14 rings (SSSR count). The van der Waals surface area contributed by atoms with Crippen molar-refractivity contribution in [2.24, 2.45) is 0 Å². The van der Waals surface area contributed by atoms with E-state index in [4.69, 9.17) is 191 Å². The van der Waals surface area contributed by atoms with Crippen LogP contribution in [0.25, 0.3) is 0 Å². The van der Waals surface area contributed by atoms with Gasteiger partial charge < -0.3 is 103 Å². The second-order valence-electron chi connectivity index (χ2n) is 29.7. The fourth-order valence-corrected chi connectivity index (χ4v) is 12.1. The van der Waals surface area contributed by atoms with Crippen LogP contribution in [0.1, 0.15) is 469 Å². The molecule has 0 bridgehead atoms. The summed E-state index contributed by atoms with van der Waals surface area (Å²) in [6.45, 7) is -39.4. The first-order valence-corrected chi connectivity index (χ1v) is 40.5. The molecule has 140 heavy (non-hydrogen) atoms. The minimum absolute atomic E-state index is 0.112.